The van der Waals surface area contributed by atoms with E-state index in [1.165, 1.54) is 29.3 Å². The van der Waals surface area contributed by atoms with E-state index in [2.05, 4.69) is 48.7 Å². The number of carbonyl (C=O) groups excluding carboxylic acids is 1. The first kappa shape index (κ1) is 18.6. The van der Waals surface area contributed by atoms with Crippen LogP contribution in [0.4, 0.5) is 0 Å². The van der Waals surface area contributed by atoms with Crippen molar-refractivity contribution in [2.45, 2.75) is 51.7 Å². The number of methoxy groups -OCH3 is 1. The minimum Gasteiger partial charge on any atom is -0.489 e. The van der Waals surface area contributed by atoms with Crippen molar-refractivity contribution < 1.29 is 14.3 Å². The lowest BCUT2D eigenvalue weighted by atomic mass is 9.96. The van der Waals surface area contributed by atoms with Crippen molar-refractivity contribution in [2.24, 2.45) is 0 Å². The van der Waals surface area contributed by atoms with Crippen LogP contribution in [0.5, 0.6) is 5.75 Å². The Morgan fingerprint density at radius 2 is 1.96 bits per heavy atom. The second-order valence-electron chi connectivity index (χ2n) is 7.86. The number of esters is 1. The van der Waals surface area contributed by atoms with E-state index in [4.69, 9.17) is 9.47 Å². The minimum absolute atomic E-state index is 0.139. The van der Waals surface area contributed by atoms with Crippen molar-refractivity contribution >= 4 is 16.9 Å². The molecule has 2 heterocycles. The number of nitrogens with zero attached hydrogens (tertiary/aromatic N) is 1. The van der Waals surface area contributed by atoms with Crippen LogP contribution in [-0.4, -0.2) is 17.6 Å². The van der Waals surface area contributed by atoms with Crippen LogP contribution in [0, 0.1) is 0 Å². The van der Waals surface area contributed by atoms with Gasteiger partial charge in [-0.15, -0.1) is 0 Å². The zero-order valence-electron chi connectivity index (χ0n) is 16.8. The molecule has 4 nitrogen and oxygen atoms in total. The Bertz CT molecular complexity index is 988. The van der Waals surface area contributed by atoms with E-state index in [0.717, 1.165) is 24.3 Å². The molecule has 0 fully saturated rings. The number of rotatable bonds is 6. The summed E-state index contributed by atoms with van der Waals surface area (Å²) < 4.78 is 13.4. The van der Waals surface area contributed by atoms with Gasteiger partial charge in [0.15, 0.2) is 0 Å². The summed E-state index contributed by atoms with van der Waals surface area (Å²) in [7, 11) is 1.46. The van der Waals surface area contributed by atoms with E-state index in [1.54, 1.807) is 0 Å². The molecule has 0 amide bonds. The first-order valence-corrected chi connectivity index (χ1v) is 9.97. The number of benzene rings is 2. The number of aryl methyl sites for hydroxylation is 1. The van der Waals surface area contributed by atoms with E-state index < -0.39 is 0 Å². The zero-order chi connectivity index (χ0) is 19.7. The molecule has 0 aliphatic carbocycles. The first-order valence-electron chi connectivity index (χ1n) is 9.97. The van der Waals surface area contributed by atoms with Gasteiger partial charge in [0.2, 0.25) is 0 Å². The maximum absolute atomic E-state index is 11.8. The van der Waals surface area contributed by atoms with Gasteiger partial charge in [0, 0.05) is 29.6 Å². The molecular weight excluding hydrogens is 350 g/mol. The van der Waals surface area contributed by atoms with Crippen LogP contribution < -0.4 is 4.74 Å². The van der Waals surface area contributed by atoms with E-state index in [0.29, 0.717) is 18.9 Å². The fraction of sp³-hybridized carbons (Fsp3) is 0.375. The molecule has 3 aromatic rings. The lowest BCUT2D eigenvalue weighted by Crippen LogP contribution is -2.06. The van der Waals surface area contributed by atoms with Crippen LogP contribution in [0.25, 0.3) is 10.9 Å². The Kier molecular flexibility index (Phi) is 5.12. The molecule has 1 aliphatic heterocycles. The SMILES string of the molecule is COC(=O)CC1CCn2c1cc1c(C(C)C)cc(OCc3ccccc3)cc12. The maximum atomic E-state index is 11.8. The van der Waals surface area contributed by atoms with Crippen molar-refractivity contribution in [3.05, 3.63) is 65.4 Å². The standard InChI is InChI=1S/C24H27NO3/c1-16(2)20-12-19(28-15-17-7-5-4-6-8-17)13-23-21(20)14-22-18(9-10-25(22)23)11-24(26)27-3/h4-8,12-14,16,18H,9-11,15H2,1-3H3. The van der Waals surface area contributed by atoms with Gasteiger partial charge in [-0.05, 0) is 35.6 Å². The summed E-state index contributed by atoms with van der Waals surface area (Å²) in [5.41, 5.74) is 4.89. The number of aromatic nitrogens is 1. The predicted octanol–water partition coefficient (Wildman–Crippen LogP) is 5.39. The van der Waals surface area contributed by atoms with Gasteiger partial charge in [0.1, 0.15) is 12.4 Å². The third kappa shape index (κ3) is 3.51. The van der Waals surface area contributed by atoms with Crippen LogP contribution in [0.1, 0.15) is 55.3 Å². The molecule has 0 bridgehead atoms. The van der Waals surface area contributed by atoms with Gasteiger partial charge in [0.05, 0.1) is 19.0 Å². The predicted molar refractivity (Wildman–Crippen MR) is 111 cm³/mol. The third-order valence-electron chi connectivity index (χ3n) is 5.69. The third-order valence-corrected chi connectivity index (χ3v) is 5.69. The van der Waals surface area contributed by atoms with E-state index in [1.807, 2.05) is 18.2 Å². The zero-order valence-corrected chi connectivity index (χ0v) is 16.8. The average Bonchev–Trinajstić information content (AvgIpc) is 3.26. The number of hydrogen-bond acceptors (Lipinski definition) is 3. The lowest BCUT2D eigenvalue weighted by Gasteiger charge is -2.13. The molecule has 2 aromatic carbocycles. The van der Waals surface area contributed by atoms with Gasteiger partial charge in [-0.25, -0.2) is 0 Å². The summed E-state index contributed by atoms with van der Waals surface area (Å²) in [4.78, 5) is 11.8. The molecule has 0 spiro atoms. The lowest BCUT2D eigenvalue weighted by molar-refractivity contribution is -0.141. The van der Waals surface area contributed by atoms with Crippen LogP contribution in [0.2, 0.25) is 0 Å². The monoisotopic (exact) mass is 377 g/mol. The molecule has 0 saturated carbocycles. The fourth-order valence-corrected chi connectivity index (χ4v) is 4.19. The summed E-state index contributed by atoms with van der Waals surface area (Å²) >= 11 is 0. The topological polar surface area (TPSA) is 40.5 Å². The van der Waals surface area contributed by atoms with Gasteiger partial charge in [-0.1, -0.05) is 44.2 Å². The highest BCUT2D eigenvalue weighted by molar-refractivity contribution is 5.87. The van der Waals surface area contributed by atoms with Crippen LogP contribution in [-0.2, 0) is 22.7 Å². The Labute approximate surface area is 166 Å². The van der Waals surface area contributed by atoms with Gasteiger partial charge in [-0.2, -0.15) is 0 Å². The Morgan fingerprint density at radius 1 is 1.18 bits per heavy atom. The normalized spacial score (nSPS) is 15.8. The summed E-state index contributed by atoms with van der Waals surface area (Å²) in [6, 6.07) is 16.8. The van der Waals surface area contributed by atoms with Crippen molar-refractivity contribution in [1.29, 1.82) is 0 Å². The summed E-state index contributed by atoms with van der Waals surface area (Å²) in [5, 5.41) is 1.27. The molecule has 0 N–H and O–H groups in total. The quantitative estimate of drug-likeness (QED) is 0.541. The first-order chi connectivity index (χ1) is 13.6. The van der Waals surface area contributed by atoms with Gasteiger partial charge < -0.3 is 14.0 Å². The summed E-state index contributed by atoms with van der Waals surface area (Å²) in [6.45, 7) is 5.91. The average molecular weight is 377 g/mol. The highest BCUT2D eigenvalue weighted by atomic mass is 16.5. The molecule has 146 valence electrons. The Hall–Kier alpha value is -2.75. The fourth-order valence-electron chi connectivity index (χ4n) is 4.19. The number of ether oxygens (including phenoxy) is 2. The molecule has 4 heteroatoms. The molecule has 28 heavy (non-hydrogen) atoms. The van der Waals surface area contributed by atoms with E-state index in [9.17, 15) is 4.79 Å². The van der Waals surface area contributed by atoms with E-state index >= 15 is 0 Å². The molecule has 0 radical (unpaired) electrons. The second kappa shape index (κ2) is 7.70. The van der Waals surface area contributed by atoms with Crippen LogP contribution in [0.15, 0.2) is 48.5 Å². The Balaban J connectivity index is 1.69. The van der Waals surface area contributed by atoms with Gasteiger partial charge in [-0.3, -0.25) is 4.79 Å². The van der Waals surface area contributed by atoms with E-state index in [-0.39, 0.29) is 11.9 Å². The largest absolute Gasteiger partial charge is 0.489 e. The molecule has 1 atom stereocenters. The molecule has 1 aromatic heterocycles. The summed E-state index contributed by atoms with van der Waals surface area (Å²) in [5.74, 6) is 1.38. The molecular formula is C24H27NO3. The van der Waals surface area contributed by atoms with Gasteiger partial charge in [0.25, 0.3) is 0 Å². The van der Waals surface area contributed by atoms with Crippen molar-refractivity contribution in [3.63, 3.8) is 0 Å². The van der Waals surface area contributed by atoms with Crippen molar-refractivity contribution in [3.8, 4) is 5.75 Å². The highest BCUT2D eigenvalue weighted by Gasteiger charge is 2.28. The molecule has 1 aliphatic rings. The summed E-state index contributed by atoms with van der Waals surface area (Å²) in [6.07, 6.45) is 1.42. The number of carbonyl (C=O) groups is 1. The number of hydrogen-bond donors (Lipinski definition) is 0. The highest BCUT2D eigenvalue weighted by Crippen LogP contribution is 2.40. The minimum atomic E-state index is -0.139. The maximum Gasteiger partial charge on any atom is 0.306 e. The van der Waals surface area contributed by atoms with Crippen molar-refractivity contribution in [1.82, 2.24) is 4.57 Å². The Morgan fingerprint density at radius 3 is 2.68 bits per heavy atom. The second-order valence-corrected chi connectivity index (χ2v) is 7.86. The van der Waals surface area contributed by atoms with Crippen molar-refractivity contribution in [2.75, 3.05) is 7.11 Å². The number of fused-ring (bicyclic) bond motifs is 3. The van der Waals surface area contributed by atoms with Gasteiger partial charge >= 0.3 is 5.97 Å². The van der Waals surface area contributed by atoms with Crippen LogP contribution >= 0.6 is 0 Å². The molecule has 4 rings (SSSR count). The molecule has 0 saturated heterocycles. The molecule has 1 unspecified atom stereocenters. The van der Waals surface area contributed by atoms with Crippen LogP contribution in [0.3, 0.4) is 0 Å². The smallest absolute Gasteiger partial charge is 0.306 e.